The second-order valence-corrected chi connectivity index (χ2v) is 9.49. The summed E-state index contributed by atoms with van der Waals surface area (Å²) in [5.74, 6) is 0.410. The Morgan fingerprint density at radius 2 is 1.73 bits per heavy atom. The molecule has 1 aliphatic carbocycles. The lowest BCUT2D eigenvalue weighted by Crippen LogP contribution is -2.44. The minimum Gasteiger partial charge on any atom is -0.378 e. The van der Waals surface area contributed by atoms with Crippen LogP contribution >= 0.6 is 0 Å². The van der Waals surface area contributed by atoms with E-state index in [0.29, 0.717) is 12.1 Å². The lowest BCUT2D eigenvalue weighted by atomic mass is 10.0. The summed E-state index contributed by atoms with van der Waals surface area (Å²) in [5, 5.41) is 3.10. The second kappa shape index (κ2) is 10.6. The summed E-state index contributed by atoms with van der Waals surface area (Å²) < 4.78 is 5.89. The van der Waals surface area contributed by atoms with Gasteiger partial charge in [0.25, 0.3) is 0 Å². The highest BCUT2D eigenvalue weighted by molar-refractivity contribution is 5.92. The molecule has 2 saturated heterocycles. The molecule has 3 aliphatic rings. The van der Waals surface area contributed by atoms with E-state index in [2.05, 4.69) is 46.4 Å². The van der Waals surface area contributed by atoms with Gasteiger partial charge in [0, 0.05) is 49.6 Å². The van der Waals surface area contributed by atoms with E-state index in [1.807, 2.05) is 0 Å². The molecule has 1 saturated carbocycles. The summed E-state index contributed by atoms with van der Waals surface area (Å²) in [6.45, 7) is 4.30. The zero-order chi connectivity index (χ0) is 20.8. The van der Waals surface area contributed by atoms with Crippen LogP contribution in [0, 0.1) is 5.92 Å². The molecule has 0 spiro atoms. The molecule has 1 atom stereocenters. The minimum atomic E-state index is 0.197. The lowest BCUT2D eigenvalue weighted by molar-refractivity contribution is -0.119. The minimum absolute atomic E-state index is 0.197. The Hall–Kier alpha value is -1.59. The Balaban J connectivity index is 1.20. The normalized spacial score (nSPS) is 23.8. The Kier molecular flexibility index (Phi) is 7.67. The van der Waals surface area contributed by atoms with Gasteiger partial charge >= 0.3 is 0 Å². The summed E-state index contributed by atoms with van der Waals surface area (Å²) in [5.41, 5.74) is 2.20. The van der Waals surface area contributed by atoms with E-state index < -0.39 is 0 Å². The van der Waals surface area contributed by atoms with Gasteiger partial charge in [0.2, 0.25) is 5.91 Å². The van der Waals surface area contributed by atoms with Gasteiger partial charge in [-0.1, -0.05) is 12.8 Å². The molecule has 30 heavy (non-hydrogen) atoms. The Bertz CT molecular complexity index is 657. The van der Waals surface area contributed by atoms with Gasteiger partial charge in [-0.25, -0.2) is 0 Å². The number of amides is 1. The average molecular weight is 414 g/mol. The number of carbonyl (C=O) groups is 1. The maximum absolute atomic E-state index is 12.3. The first-order valence-corrected chi connectivity index (χ1v) is 12.2. The monoisotopic (exact) mass is 413 g/mol. The van der Waals surface area contributed by atoms with Gasteiger partial charge in [-0.3, -0.25) is 4.79 Å². The first-order chi connectivity index (χ1) is 14.7. The molecule has 166 valence electrons. The van der Waals surface area contributed by atoms with Crippen molar-refractivity contribution in [3.8, 4) is 0 Å². The van der Waals surface area contributed by atoms with Crippen LogP contribution in [0.5, 0.6) is 0 Å². The second-order valence-electron chi connectivity index (χ2n) is 9.49. The van der Waals surface area contributed by atoms with Crippen LogP contribution in [0.25, 0.3) is 0 Å². The van der Waals surface area contributed by atoms with Crippen molar-refractivity contribution in [1.29, 1.82) is 0 Å². The van der Waals surface area contributed by atoms with Crippen molar-refractivity contribution in [1.82, 2.24) is 4.90 Å². The molecule has 5 nitrogen and oxygen atoms in total. The van der Waals surface area contributed by atoms with E-state index in [4.69, 9.17) is 4.74 Å². The molecule has 1 amide bonds. The highest BCUT2D eigenvalue weighted by Gasteiger charge is 2.25. The van der Waals surface area contributed by atoms with Crippen molar-refractivity contribution in [2.45, 2.75) is 76.4 Å². The van der Waals surface area contributed by atoms with Crippen LogP contribution in [0.3, 0.4) is 0 Å². The fourth-order valence-electron chi connectivity index (χ4n) is 5.32. The zero-order valence-corrected chi connectivity index (χ0v) is 18.7. The molecular weight excluding hydrogens is 374 g/mol. The van der Waals surface area contributed by atoms with Gasteiger partial charge in [0.1, 0.15) is 0 Å². The van der Waals surface area contributed by atoms with Crippen molar-refractivity contribution in [2.75, 3.05) is 43.5 Å². The summed E-state index contributed by atoms with van der Waals surface area (Å²) in [7, 11) is 2.28. The standard InChI is InChI=1S/C25H39N3O2/c1-27(16-15-24-8-4-5-19-30-24)22-13-17-28(18-14-22)23-11-9-21(10-12-23)26-25(29)20-6-2-3-7-20/h9-12,20,22,24H,2-8,13-19H2,1H3,(H,26,29). The fourth-order valence-corrected chi connectivity index (χ4v) is 5.32. The maximum Gasteiger partial charge on any atom is 0.227 e. The van der Waals surface area contributed by atoms with Gasteiger partial charge in [-0.05, 0) is 82.7 Å². The lowest BCUT2D eigenvalue weighted by Gasteiger charge is -2.38. The summed E-state index contributed by atoms with van der Waals surface area (Å²) in [6, 6.07) is 9.12. The predicted octanol–water partition coefficient (Wildman–Crippen LogP) is 4.68. The summed E-state index contributed by atoms with van der Waals surface area (Å²) in [6.07, 6.45) is 12.3. The van der Waals surface area contributed by atoms with Gasteiger partial charge in [0.05, 0.1) is 6.10 Å². The molecule has 1 aromatic rings. The number of anilines is 2. The van der Waals surface area contributed by atoms with Gasteiger partial charge in [-0.2, -0.15) is 0 Å². The molecule has 1 N–H and O–H groups in total. The zero-order valence-electron chi connectivity index (χ0n) is 18.7. The van der Waals surface area contributed by atoms with Crippen molar-refractivity contribution < 1.29 is 9.53 Å². The third-order valence-electron chi connectivity index (χ3n) is 7.39. The first-order valence-electron chi connectivity index (χ1n) is 12.2. The molecule has 3 fully saturated rings. The third-order valence-corrected chi connectivity index (χ3v) is 7.39. The van der Waals surface area contributed by atoms with Crippen LogP contribution < -0.4 is 10.2 Å². The van der Waals surface area contributed by atoms with Crippen LogP contribution in [0.2, 0.25) is 0 Å². The molecule has 1 aromatic carbocycles. The number of piperidine rings is 1. The molecule has 0 aromatic heterocycles. The topological polar surface area (TPSA) is 44.8 Å². The first kappa shape index (κ1) is 21.6. The van der Waals surface area contributed by atoms with Gasteiger partial charge < -0.3 is 19.9 Å². The van der Waals surface area contributed by atoms with Crippen LogP contribution in [-0.2, 0) is 9.53 Å². The molecule has 2 aliphatic heterocycles. The Morgan fingerprint density at radius 3 is 2.40 bits per heavy atom. The third kappa shape index (κ3) is 5.76. The van der Waals surface area contributed by atoms with Crippen LogP contribution in [0.4, 0.5) is 11.4 Å². The smallest absolute Gasteiger partial charge is 0.227 e. The number of ether oxygens (including phenoxy) is 1. The maximum atomic E-state index is 12.3. The van der Waals surface area contributed by atoms with E-state index in [1.54, 1.807) is 0 Å². The Labute approximate surface area is 182 Å². The molecule has 5 heteroatoms. The van der Waals surface area contributed by atoms with Crippen molar-refractivity contribution >= 4 is 17.3 Å². The highest BCUT2D eigenvalue weighted by Crippen LogP contribution is 2.27. The number of nitrogens with zero attached hydrogens (tertiary/aromatic N) is 2. The number of rotatable bonds is 7. The van der Waals surface area contributed by atoms with Gasteiger partial charge in [0.15, 0.2) is 0 Å². The number of benzene rings is 1. The molecule has 0 radical (unpaired) electrons. The van der Waals surface area contributed by atoms with E-state index >= 15 is 0 Å². The van der Waals surface area contributed by atoms with E-state index in [9.17, 15) is 4.79 Å². The number of nitrogens with one attached hydrogen (secondary N) is 1. The van der Waals surface area contributed by atoms with Crippen molar-refractivity contribution in [3.63, 3.8) is 0 Å². The largest absolute Gasteiger partial charge is 0.378 e. The molecule has 2 heterocycles. The molecular formula is C25H39N3O2. The quantitative estimate of drug-likeness (QED) is 0.705. The number of carbonyl (C=O) groups excluding carboxylic acids is 1. The van der Waals surface area contributed by atoms with Crippen molar-refractivity contribution in [3.05, 3.63) is 24.3 Å². The molecule has 4 rings (SSSR count). The predicted molar refractivity (Wildman–Crippen MR) is 123 cm³/mol. The van der Waals surface area contributed by atoms with Crippen LogP contribution in [0.15, 0.2) is 24.3 Å². The van der Waals surface area contributed by atoms with Crippen LogP contribution in [0.1, 0.15) is 64.2 Å². The summed E-state index contributed by atoms with van der Waals surface area (Å²) >= 11 is 0. The van der Waals surface area contributed by atoms with E-state index in [-0.39, 0.29) is 11.8 Å². The molecule has 0 bridgehead atoms. The van der Waals surface area contributed by atoms with E-state index in [1.165, 1.54) is 57.1 Å². The average Bonchev–Trinajstić information content (AvgIpc) is 3.34. The highest BCUT2D eigenvalue weighted by atomic mass is 16.5. The number of hydrogen-bond donors (Lipinski definition) is 1. The Morgan fingerprint density at radius 1 is 1.03 bits per heavy atom. The number of hydrogen-bond acceptors (Lipinski definition) is 4. The van der Waals surface area contributed by atoms with Crippen LogP contribution in [-0.4, -0.2) is 56.2 Å². The molecule has 1 unspecified atom stereocenters. The fraction of sp³-hybridized carbons (Fsp3) is 0.720. The van der Waals surface area contributed by atoms with Gasteiger partial charge in [-0.15, -0.1) is 0 Å². The SMILES string of the molecule is CN(CCC1CCCCO1)C1CCN(c2ccc(NC(=O)C3CCCC3)cc2)CC1. The van der Waals surface area contributed by atoms with Crippen molar-refractivity contribution in [2.24, 2.45) is 5.92 Å². The van der Waals surface area contributed by atoms with E-state index in [0.717, 1.165) is 44.8 Å². The summed E-state index contributed by atoms with van der Waals surface area (Å²) in [4.78, 5) is 17.4.